The molecule has 0 saturated heterocycles. The molecule has 1 heterocycles. The molecule has 0 fully saturated rings. The summed E-state index contributed by atoms with van der Waals surface area (Å²) < 4.78 is 2.66. The van der Waals surface area contributed by atoms with Crippen LogP contribution in [0.1, 0.15) is 0 Å². The van der Waals surface area contributed by atoms with Crippen LogP contribution >= 0.6 is 11.3 Å². The molecule has 1 aromatic heterocycles. The van der Waals surface area contributed by atoms with Crippen LogP contribution in [0.5, 0.6) is 0 Å². The molecule has 3 rings (SSSR count). The van der Waals surface area contributed by atoms with Crippen molar-refractivity contribution in [1.29, 1.82) is 0 Å². The van der Waals surface area contributed by atoms with Crippen molar-refractivity contribution in [2.75, 3.05) is 0 Å². The molecule has 2 heteroatoms. The van der Waals surface area contributed by atoms with Crippen LogP contribution in [0.2, 0.25) is 5.02 Å². The highest BCUT2D eigenvalue weighted by molar-refractivity contribution is 7.25. The van der Waals surface area contributed by atoms with Crippen LogP contribution in [0, 0.1) is 11.6 Å². The van der Waals surface area contributed by atoms with E-state index in [0.717, 1.165) is 5.02 Å². The van der Waals surface area contributed by atoms with Crippen molar-refractivity contribution in [2.45, 2.75) is 0 Å². The Morgan fingerprint density at radius 1 is 0.857 bits per heavy atom. The fraction of sp³-hybridized carbons (Fsp3) is 0. The number of hydrogen-bond acceptors (Lipinski definition) is 1. The quantitative estimate of drug-likeness (QED) is 0.540. The van der Waals surface area contributed by atoms with E-state index in [1.165, 1.54) is 20.2 Å². The smallest absolute Gasteiger partial charge is 0.135 e. The van der Waals surface area contributed by atoms with Gasteiger partial charge >= 0.3 is 0 Å². The summed E-state index contributed by atoms with van der Waals surface area (Å²) in [5, 5.41) is 3.53. The molecule has 0 bridgehead atoms. The third-order valence-corrected chi connectivity index (χ3v) is 3.75. The van der Waals surface area contributed by atoms with Crippen LogP contribution in [0.15, 0.2) is 42.5 Å². The van der Waals surface area contributed by atoms with Crippen LogP contribution in [0.25, 0.3) is 20.2 Å². The number of hydrogen-bond donors (Lipinski definition) is 0. The van der Waals surface area contributed by atoms with Gasteiger partial charge in [0.25, 0.3) is 0 Å². The zero-order valence-electron chi connectivity index (χ0n) is 7.36. The first-order chi connectivity index (χ1) is 6.84. The molecule has 0 aliphatic carbocycles. The molecule has 0 nitrogen and oxygen atoms in total. The van der Waals surface area contributed by atoms with E-state index in [4.69, 9.17) is 11.6 Å². The van der Waals surface area contributed by atoms with E-state index in [2.05, 4.69) is 36.4 Å². The summed E-state index contributed by atoms with van der Waals surface area (Å²) >= 11 is 7.00. The van der Waals surface area contributed by atoms with Crippen molar-refractivity contribution in [3.63, 3.8) is 0 Å². The van der Waals surface area contributed by atoms with Crippen molar-refractivity contribution >= 4 is 31.5 Å². The van der Waals surface area contributed by atoms with Crippen LogP contribution in [-0.2, 0) is 0 Å². The van der Waals surface area contributed by atoms with Crippen LogP contribution in [-0.4, -0.2) is 0 Å². The highest BCUT2D eigenvalue weighted by Gasteiger charge is 2.06. The van der Waals surface area contributed by atoms with Gasteiger partial charge in [0.15, 0.2) is 11.6 Å². The molecular weight excluding hydrogens is 212 g/mol. The van der Waals surface area contributed by atoms with E-state index < -0.39 is 0 Å². The van der Waals surface area contributed by atoms with Crippen LogP contribution < -0.4 is 0 Å². The lowest BCUT2D eigenvalue weighted by Crippen LogP contribution is -1.68. The first-order valence-corrected chi connectivity index (χ1v) is 5.65. The lowest BCUT2D eigenvalue weighted by Gasteiger charge is -1.88. The molecule has 0 spiro atoms. The minimum absolute atomic E-state index is 0.918. The first-order valence-electron chi connectivity index (χ1n) is 4.43. The summed E-state index contributed by atoms with van der Waals surface area (Å²) in [4.78, 5) is 0. The largest absolute Gasteiger partial charge is 0.226 e. The molecule has 0 saturated carbocycles. The lowest BCUT2D eigenvalue weighted by atomic mass is 10.2. The van der Waals surface area contributed by atoms with Gasteiger partial charge in [0, 0.05) is 32.3 Å². The van der Waals surface area contributed by atoms with Gasteiger partial charge in [-0.1, -0.05) is 18.2 Å². The molecule has 14 heavy (non-hydrogen) atoms. The monoisotopic (exact) mass is 219 g/mol. The van der Waals surface area contributed by atoms with Crippen LogP contribution in [0.3, 0.4) is 0 Å². The highest BCUT2D eigenvalue weighted by Crippen LogP contribution is 2.33. The topological polar surface area (TPSA) is 0 Å². The van der Waals surface area contributed by atoms with Gasteiger partial charge in [0.1, 0.15) is 0 Å². The number of halogens is 1. The maximum absolute atomic E-state index is 5.17. The second-order valence-electron chi connectivity index (χ2n) is 3.26. The Bertz CT molecular complexity index is 610. The Balaban J connectivity index is 2.58. The fourth-order valence-corrected chi connectivity index (χ4v) is 2.98. The fourth-order valence-electron chi connectivity index (χ4n) is 1.71. The predicted molar refractivity (Wildman–Crippen MR) is 59.9 cm³/mol. The van der Waals surface area contributed by atoms with Gasteiger partial charge in [-0.15, -0.1) is 11.3 Å². The third kappa shape index (κ3) is 1.13. The Hall–Kier alpha value is -1.05. The van der Waals surface area contributed by atoms with Gasteiger partial charge < -0.3 is 0 Å². The van der Waals surface area contributed by atoms with Gasteiger partial charge in [-0.25, -0.2) is 0 Å². The van der Waals surface area contributed by atoms with Gasteiger partial charge in [-0.3, -0.25) is 0 Å². The minimum Gasteiger partial charge on any atom is -0.135 e. The molecule has 0 aliphatic heterocycles. The van der Waals surface area contributed by atoms with Crippen molar-refractivity contribution in [3.05, 3.63) is 47.5 Å². The number of thiophene rings is 1. The zero-order valence-corrected chi connectivity index (χ0v) is 8.99. The average Bonchev–Trinajstić information content (AvgIpc) is 2.56. The molecule has 0 unspecified atom stereocenters. The summed E-state index contributed by atoms with van der Waals surface area (Å²) in [6.07, 6.45) is 0. The van der Waals surface area contributed by atoms with Crippen molar-refractivity contribution < 1.29 is 11.6 Å². The molecule has 0 atom stereocenters. The zero-order chi connectivity index (χ0) is 9.54. The molecule has 0 N–H and O–H groups in total. The second kappa shape index (κ2) is 2.97. The second-order valence-corrected chi connectivity index (χ2v) is 4.81. The standard InChI is InChI=1S/C12H8ClS/c13-8-5-6-12-10(7-8)9-3-1-2-4-11(9)14-12/h1-7,13H/q+1. The summed E-state index contributed by atoms with van der Waals surface area (Å²) in [5.74, 6) is 0. The summed E-state index contributed by atoms with van der Waals surface area (Å²) in [7, 11) is 0. The SMILES string of the molecule is [ClH+]c1ccc2sc3ccccc3c2c1. The van der Waals surface area contributed by atoms with E-state index in [0.29, 0.717) is 0 Å². The Labute approximate surface area is 90.7 Å². The van der Waals surface area contributed by atoms with Crippen molar-refractivity contribution in [2.24, 2.45) is 0 Å². The van der Waals surface area contributed by atoms with Gasteiger partial charge in [-0.05, 0) is 12.1 Å². The molecule has 68 valence electrons. The number of fused-ring (bicyclic) bond motifs is 3. The molecular formula is C12H8ClS+. The molecule has 0 aliphatic rings. The van der Waals surface area contributed by atoms with E-state index in [1.807, 2.05) is 17.4 Å². The maximum Gasteiger partial charge on any atom is 0.226 e. The summed E-state index contributed by atoms with van der Waals surface area (Å²) in [5.41, 5.74) is 0. The van der Waals surface area contributed by atoms with E-state index in [1.54, 1.807) is 0 Å². The molecule has 0 amide bonds. The average molecular weight is 220 g/mol. The minimum atomic E-state index is 0.918. The summed E-state index contributed by atoms with van der Waals surface area (Å²) in [6.45, 7) is 0. The van der Waals surface area contributed by atoms with Crippen molar-refractivity contribution in [1.82, 2.24) is 0 Å². The molecule has 3 aromatic rings. The Kier molecular flexibility index (Phi) is 1.76. The Morgan fingerprint density at radius 3 is 2.57 bits per heavy atom. The van der Waals surface area contributed by atoms with Crippen LogP contribution in [0.4, 0.5) is 0 Å². The van der Waals surface area contributed by atoms with Gasteiger partial charge in [-0.2, -0.15) is 0 Å². The summed E-state index contributed by atoms with van der Waals surface area (Å²) in [6, 6.07) is 14.7. The van der Waals surface area contributed by atoms with Crippen molar-refractivity contribution in [3.8, 4) is 0 Å². The Morgan fingerprint density at radius 2 is 1.64 bits per heavy atom. The third-order valence-electron chi connectivity index (χ3n) is 2.35. The van der Waals surface area contributed by atoms with E-state index in [9.17, 15) is 0 Å². The van der Waals surface area contributed by atoms with E-state index in [-0.39, 0.29) is 0 Å². The van der Waals surface area contributed by atoms with Gasteiger partial charge in [0.2, 0.25) is 5.02 Å². The van der Waals surface area contributed by atoms with E-state index >= 15 is 0 Å². The number of benzene rings is 2. The highest BCUT2D eigenvalue weighted by atomic mass is 35.5. The molecule has 2 aromatic carbocycles. The molecule has 0 radical (unpaired) electrons. The number of rotatable bonds is 0. The normalized spacial score (nSPS) is 11.2. The first kappa shape index (κ1) is 8.27. The van der Waals surface area contributed by atoms with Gasteiger partial charge in [0.05, 0.1) is 0 Å². The maximum atomic E-state index is 5.17. The lowest BCUT2D eigenvalue weighted by molar-refractivity contribution is -0.288. The predicted octanol–water partition coefficient (Wildman–Crippen LogP) is 3.75.